The average molecular weight is 361 g/mol. The molecule has 3 N–H and O–H groups in total. The number of nitrogens with two attached hydrogens (primary N) is 1. The number of aromatic nitrogens is 3. The summed E-state index contributed by atoms with van der Waals surface area (Å²) in [5.74, 6) is 0.0516. The molecule has 0 fully saturated rings. The highest BCUT2D eigenvalue weighted by Crippen LogP contribution is 2.27. The molecule has 128 valence electrons. The van der Waals surface area contributed by atoms with Crippen LogP contribution in [0.4, 0.5) is 5.95 Å². The van der Waals surface area contributed by atoms with E-state index >= 15 is 0 Å². The Morgan fingerprint density at radius 3 is 2.73 bits per heavy atom. The van der Waals surface area contributed by atoms with Crippen LogP contribution in [0.5, 0.6) is 0 Å². The van der Waals surface area contributed by atoms with Gasteiger partial charge >= 0.3 is 0 Å². The third kappa shape index (κ3) is 3.38. The fourth-order valence-corrected chi connectivity index (χ4v) is 3.49. The van der Waals surface area contributed by atoms with Crippen LogP contribution in [-0.4, -0.2) is 20.9 Å². The molecule has 4 aromatic rings. The highest BCUT2D eigenvalue weighted by Gasteiger charge is 2.13. The van der Waals surface area contributed by atoms with Gasteiger partial charge in [0.25, 0.3) is 5.91 Å². The molecule has 0 atom stereocenters. The van der Waals surface area contributed by atoms with Crippen LogP contribution in [0.15, 0.2) is 60.8 Å². The fourth-order valence-electron chi connectivity index (χ4n) is 2.57. The van der Waals surface area contributed by atoms with Crippen molar-refractivity contribution in [3.8, 4) is 11.3 Å². The van der Waals surface area contributed by atoms with Crippen molar-refractivity contribution in [3.63, 3.8) is 0 Å². The summed E-state index contributed by atoms with van der Waals surface area (Å²) in [6.45, 7) is 0.473. The van der Waals surface area contributed by atoms with Gasteiger partial charge in [-0.1, -0.05) is 36.4 Å². The molecule has 26 heavy (non-hydrogen) atoms. The number of anilines is 1. The van der Waals surface area contributed by atoms with Crippen molar-refractivity contribution in [2.45, 2.75) is 6.54 Å². The molecule has 0 unspecified atom stereocenters. The van der Waals surface area contributed by atoms with Crippen LogP contribution in [0, 0.1) is 0 Å². The minimum absolute atomic E-state index is 0.178. The van der Waals surface area contributed by atoms with Crippen LogP contribution < -0.4 is 11.1 Å². The molecule has 0 aliphatic carbocycles. The van der Waals surface area contributed by atoms with E-state index < -0.39 is 0 Å². The molecule has 2 heterocycles. The molecule has 0 bridgehead atoms. The second-order valence-corrected chi connectivity index (χ2v) is 6.70. The Kier molecular flexibility index (Phi) is 4.28. The summed E-state index contributed by atoms with van der Waals surface area (Å²) in [7, 11) is 0. The van der Waals surface area contributed by atoms with Crippen molar-refractivity contribution in [1.82, 2.24) is 20.3 Å². The molecule has 4 rings (SSSR count). The van der Waals surface area contributed by atoms with E-state index in [1.54, 1.807) is 12.3 Å². The molecule has 2 aromatic carbocycles. The van der Waals surface area contributed by atoms with Gasteiger partial charge in [0.2, 0.25) is 5.95 Å². The number of rotatable bonds is 4. The minimum atomic E-state index is -0.178. The molecule has 0 aliphatic heterocycles. The van der Waals surface area contributed by atoms with Gasteiger partial charge in [0.1, 0.15) is 0 Å². The summed E-state index contributed by atoms with van der Waals surface area (Å²) >= 11 is 1.36. The maximum atomic E-state index is 12.4. The van der Waals surface area contributed by atoms with Crippen molar-refractivity contribution in [2.24, 2.45) is 0 Å². The SMILES string of the molecule is Nc1nccc(-c2ccc3nc(C(=O)NCc4ccccc4)sc3c2)n1. The average Bonchev–Trinajstić information content (AvgIpc) is 3.10. The number of nitrogens with zero attached hydrogens (tertiary/aromatic N) is 3. The summed E-state index contributed by atoms with van der Waals surface area (Å²) in [5, 5.41) is 3.34. The van der Waals surface area contributed by atoms with Gasteiger partial charge in [0.05, 0.1) is 15.9 Å². The van der Waals surface area contributed by atoms with E-state index in [4.69, 9.17) is 5.73 Å². The Morgan fingerprint density at radius 2 is 1.92 bits per heavy atom. The fraction of sp³-hybridized carbons (Fsp3) is 0.0526. The first kappa shape index (κ1) is 16.2. The van der Waals surface area contributed by atoms with Gasteiger partial charge in [-0.3, -0.25) is 4.79 Å². The summed E-state index contributed by atoms with van der Waals surface area (Å²) in [4.78, 5) is 24.9. The molecule has 1 amide bonds. The van der Waals surface area contributed by atoms with Gasteiger partial charge < -0.3 is 11.1 Å². The first-order chi connectivity index (χ1) is 12.7. The smallest absolute Gasteiger partial charge is 0.280 e. The second-order valence-electron chi connectivity index (χ2n) is 5.67. The van der Waals surface area contributed by atoms with E-state index in [-0.39, 0.29) is 11.9 Å². The molecule has 7 heteroatoms. The lowest BCUT2D eigenvalue weighted by Gasteiger charge is -2.02. The topological polar surface area (TPSA) is 93.8 Å². The molecule has 0 radical (unpaired) electrons. The Bertz CT molecular complexity index is 1080. The first-order valence-electron chi connectivity index (χ1n) is 8.01. The zero-order valence-corrected chi connectivity index (χ0v) is 14.5. The summed E-state index contributed by atoms with van der Waals surface area (Å²) in [6, 6.07) is 17.3. The first-order valence-corrected chi connectivity index (χ1v) is 8.82. The number of amides is 1. The number of thiazole rings is 1. The van der Waals surface area contributed by atoms with Crippen LogP contribution in [0.25, 0.3) is 21.5 Å². The zero-order chi connectivity index (χ0) is 17.9. The Morgan fingerprint density at radius 1 is 1.08 bits per heavy atom. The molecular weight excluding hydrogens is 346 g/mol. The molecule has 0 saturated heterocycles. The predicted octanol–water partition coefficient (Wildman–Crippen LogP) is 3.27. The van der Waals surface area contributed by atoms with Crippen LogP contribution in [0.2, 0.25) is 0 Å². The maximum absolute atomic E-state index is 12.4. The van der Waals surface area contributed by atoms with Gasteiger partial charge in [-0.05, 0) is 23.8 Å². The van der Waals surface area contributed by atoms with Gasteiger partial charge in [-0.2, -0.15) is 0 Å². The number of fused-ring (bicyclic) bond motifs is 1. The van der Waals surface area contributed by atoms with Crippen molar-refractivity contribution in [3.05, 3.63) is 71.4 Å². The third-order valence-corrected chi connectivity index (χ3v) is 4.87. The third-order valence-electron chi connectivity index (χ3n) is 3.85. The van der Waals surface area contributed by atoms with E-state index in [1.165, 1.54) is 11.3 Å². The van der Waals surface area contributed by atoms with Gasteiger partial charge in [-0.15, -0.1) is 11.3 Å². The lowest BCUT2D eigenvalue weighted by atomic mass is 10.1. The van der Waals surface area contributed by atoms with Crippen LogP contribution >= 0.6 is 11.3 Å². The van der Waals surface area contributed by atoms with Crippen molar-refractivity contribution < 1.29 is 4.79 Å². The summed E-state index contributed by atoms with van der Waals surface area (Å²) in [6.07, 6.45) is 1.62. The predicted molar refractivity (Wildman–Crippen MR) is 103 cm³/mol. The monoisotopic (exact) mass is 361 g/mol. The van der Waals surface area contributed by atoms with E-state index in [2.05, 4.69) is 20.3 Å². The van der Waals surface area contributed by atoms with Crippen LogP contribution in [0.1, 0.15) is 15.4 Å². The van der Waals surface area contributed by atoms with E-state index in [1.807, 2.05) is 48.5 Å². The minimum Gasteiger partial charge on any atom is -0.368 e. The molecule has 0 aliphatic rings. The Hall–Kier alpha value is -3.32. The van der Waals surface area contributed by atoms with Crippen molar-refractivity contribution in [2.75, 3.05) is 5.73 Å². The standard InChI is InChI=1S/C19H15N5OS/c20-19-21-9-8-14(24-19)13-6-7-15-16(10-13)26-18(23-15)17(25)22-11-12-4-2-1-3-5-12/h1-10H,11H2,(H,22,25)(H2,20,21,24). The Labute approximate surface area is 153 Å². The quantitative estimate of drug-likeness (QED) is 0.582. The number of nitrogens with one attached hydrogen (secondary N) is 1. The summed E-state index contributed by atoms with van der Waals surface area (Å²) < 4.78 is 0.921. The highest BCUT2D eigenvalue weighted by atomic mass is 32.1. The number of hydrogen-bond donors (Lipinski definition) is 2. The van der Waals surface area contributed by atoms with E-state index in [0.717, 1.165) is 27.0 Å². The molecule has 0 saturated carbocycles. The molecule has 6 nitrogen and oxygen atoms in total. The normalized spacial score (nSPS) is 10.8. The number of carbonyl (C=O) groups excluding carboxylic acids is 1. The number of nitrogen functional groups attached to an aromatic ring is 1. The number of hydrogen-bond acceptors (Lipinski definition) is 6. The van der Waals surface area contributed by atoms with Gasteiger partial charge in [0, 0.05) is 18.3 Å². The molecule has 2 aromatic heterocycles. The van der Waals surface area contributed by atoms with Gasteiger partial charge in [0.15, 0.2) is 5.01 Å². The van der Waals surface area contributed by atoms with Crippen LogP contribution in [-0.2, 0) is 6.54 Å². The largest absolute Gasteiger partial charge is 0.368 e. The zero-order valence-electron chi connectivity index (χ0n) is 13.7. The second kappa shape index (κ2) is 6.89. The number of carbonyl (C=O) groups is 1. The molecule has 0 spiro atoms. The van der Waals surface area contributed by atoms with Crippen molar-refractivity contribution in [1.29, 1.82) is 0 Å². The summed E-state index contributed by atoms with van der Waals surface area (Å²) in [5.41, 5.74) is 9.13. The number of benzene rings is 2. The Balaban J connectivity index is 1.56. The highest BCUT2D eigenvalue weighted by molar-refractivity contribution is 7.20. The molecular formula is C19H15N5OS. The van der Waals surface area contributed by atoms with E-state index in [0.29, 0.717) is 11.6 Å². The lowest BCUT2D eigenvalue weighted by molar-refractivity contribution is 0.0950. The van der Waals surface area contributed by atoms with E-state index in [9.17, 15) is 4.79 Å². The van der Waals surface area contributed by atoms with Gasteiger partial charge in [-0.25, -0.2) is 15.0 Å². The van der Waals surface area contributed by atoms with Crippen LogP contribution in [0.3, 0.4) is 0 Å². The lowest BCUT2D eigenvalue weighted by Crippen LogP contribution is -2.22. The maximum Gasteiger partial charge on any atom is 0.280 e. The van der Waals surface area contributed by atoms with Crippen molar-refractivity contribution >= 4 is 33.4 Å².